The van der Waals surface area contributed by atoms with Gasteiger partial charge in [0, 0.05) is 31.3 Å². The highest BCUT2D eigenvalue weighted by Crippen LogP contribution is 2.34. The summed E-state index contributed by atoms with van der Waals surface area (Å²) in [5.41, 5.74) is 6.20. The minimum absolute atomic E-state index is 0.239. The van der Waals surface area contributed by atoms with Gasteiger partial charge in [0.25, 0.3) is 0 Å². The van der Waals surface area contributed by atoms with E-state index < -0.39 is 0 Å². The first-order valence-electron chi connectivity index (χ1n) is 5.79. The molecule has 3 heteroatoms. The summed E-state index contributed by atoms with van der Waals surface area (Å²) in [6, 6.07) is 0.789. The molecule has 2 rings (SSSR count). The largest absolute Gasteiger partial charge is 0.381 e. The van der Waals surface area contributed by atoms with Crippen LogP contribution in [0.4, 0.5) is 0 Å². The Kier molecular flexibility index (Phi) is 3.10. The van der Waals surface area contributed by atoms with Gasteiger partial charge in [-0.1, -0.05) is 6.42 Å². The Balaban J connectivity index is 2.01. The van der Waals surface area contributed by atoms with Gasteiger partial charge in [0.05, 0.1) is 0 Å². The van der Waals surface area contributed by atoms with Crippen molar-refractivity contribution in [2.24, 2.45) is 5.73 Å². The van der Waals surface area contributed by atoms with Crippen molar-refractivity contribution < 1.29 is 4.74 Å². The summed E-state index contributed by atoms with van der Waals surface area (Å²) in [5, 5.41) is 0. The molecule has 3 nitrogen and oxygen atoms in total. The van der Waals surface area contributed by atoms with E-state index in [1.165, 1.54) is 19.3 Å². The maximum absolute atomic E-state index is 5.96. The predicted octanol–water partition coefficient (Wildman–Crippen LogP) is 0.979. The lowest BCUT2D eigenvalue weighted by molar-refractivity contribution is -0.0447. The zero-order valence-corrected chi connectivity index (χ0v) is 9.17. The Morgan fingerprint density at radius 3 is 2.43 bits per heavy atom. The Morgan fingerprint density at radius 1 is 1.36 bits per heavy atom. The molecule has 0 unspecified atom stereocenters. The Hall–Kier alpha value is -0.120. The first-order chi connectivity index (χ1) is 6.78. The number of rotatable bonds is 3. The summed E-state index contributed by atoms with van der Waals surface area (Å²) < 4.78 is 5.43. The fourth-order valence-electron chi connectivity index (χ4n) is 2.61. The van der Waals surface area contributed by atoms with Crippen LogP contribution >= 0.6 is 0 Å². The fraction of sp³-hybridized carbons (Fsp3) is 1.00. The molecule has 0 aromatic rings. The van der Waals surface area contributed by atoms with E-state index in [1.807, 2.05) is 0 Å². The van der Waals surface area contributed by atoms with Crippen molar-refractivity contribution in [3.63, 3.8) is 0 Å². The zero-order chi connectivity index (χ0) is 10.0. The molecule has 0 aromatic heterocycles. The van der Waals surface area contributed by atoms with Crippen LogP contribution in [0.1, 0.15) is 32.1 Å². The quantitative estimate of drug-likeness (QED) is 0.734. The van der Waals surface area contributed by atoms with Crippen molar-refractivity contribution in [2.45, 2.75) is 43.7 Å². The SMILES string of the molecule is CN(C1CCC1)C1(CN)CCOCC1. The van der Waals surface area contributed by atoms with Gasteiger partial charge in [-0.25, -0.2) is 0 Å². The van der Waals surface area contributed by atoms with Gasteiger partial charge in [-0.05, 0) is 32.7 Å². The molecule has 0 atom stereocenters. The summed E-state index contributed by atoms with van der Waals surface area (Å²) >= 11 is 0. The fourth-order valence-corrected chi connectivity index (χ4v) is 2.61. The van der Waals surface area contributed by atoms with E-state index in [2.05, 4.69) is 11.9 Å². The van der Waals surface area contributed by atoms with Gasteiger partial charge >= 0.3 is 0 Å². The summed E-state index contributed by atoms with van der Waals surface area (Å²) in [4.78, 5) is 2.54. The van der Waals surface area contributed by atoms with Crippen LogP contribution in [0.5, 0.6) is 0 Å². The van der Waals surface area contributed by atoms with Crippen LogP contribution in [0, 0.1) is 0 Å². The van der Waals surface area contributed by atoms with Crippen molar-refractivity contribution in [1.29, 1.82) is 0 Å². The maximum Gasteiger partial charge on any atom is 0.0484 e. The van der Waals surface area contributed by atoms with Crippen molar-refractivity contribution >= 4 is 0 Å². The van der Waals surface area contributed by atoms with E-state index in [-0.39, 0.29) is 5.54 Å². The van der Waals surface area contributed by atoms with Crippen LogP contribution in [0.3, 0.4) is 0 Å². The highest BCUT2D eigenvalue weighted by atomic mass is 16.5. The maximum atomic E-state index is 5.96. The van der Waals surface area contributed by atoms with Crippen molar-refractivity contribution in [2.75, 3.05) is 26.8 Å². The van der Waals surface area contributed by atoms with Crippen LogP contribution in [-0.4, -0.2) is 43.3 Å². The van der Waals surface area contributed by atoms with Crippen LogP contribution < -0.4 is 5.73 Å². The Morgan fingerprint density at radius 2 is 2.00 bits per heavy atom. The standard InChI is InChI=1S/C11H22N2O/c1-13(10-3-2-4-10)11(9-12)5-7-14-8-6-11/h10H,2-9,12H2,1H3. The molecule has 0 amide bonds. The first kappa shape index (κ1) is 10.4. The molecule has 1 aliphatic carbocycles. The molecular formula is C11H22N2O. The van der Waals surface area contributed by atoms with Crippen LogP contribution in [0.2, 0.25) is 0 Å². The summed E-state index contributed by atoms with van der Waals surface area (Å²) in [6.07, 6.45) is 6.33. The molecular weight excluding hydrogens is 176 g/mol. The lowest BCUT2D eigenvalue weighted by Crippen LogP contribution is -2.59. The normalized spacial score (nSPS) is 27.6. The molecule has 14 heavy (non-hydrogen) atoms. The number of nitrogens with zero attached hydrogens (tertiary/aromatic N) is 1. The van der Waals surface area contributed by atoms with Gasteiger partial charge in [0.1, 0.15) is 0 Å². The number of hydrogen-bond donors (Lipinski definition) is 1. The topological polar surface area (TPSA) is 38.5 Å². The van der Waals surface area contributed by atoms with E-state index >= 15 is 0 Å². The van der Waals surface area contributed by atoms with E-state index in [0.717, 1.165) is 38.6 Å². The number of likely N-dealkylation sites (N-methyl/N-ethyl adjacent to an activating group) is 1. The van der Waals surface area contributed by atoms with E-state index in [9.17, 15) is 0 Å². The predicted molar refractivity (Wildman–Crippen MR) is 57.2 cm³/mol. The number of nitrogens with two attached hydrogens (primary N) is 1. The second-order valence-electron chi connectivity index (χ2n) is 4.74. The van der Waals surface area contributed by atoms with Gasteiger partial charge < -0.3 is 10.5 Å². The monoisotopic (exact) mass is 198 g/mol. The molecule has 0 aromatic carbocycles. The van der Waals surface area contributed by atoms with E-state index in [0.29, 0.717) is 0 Å². The van der Waals surface area contributed by atoms with Gasteiger partial charge in [-0.15, -0.1) is 0 Å². The van der Waals surface area contributed by atoms with Gasteiger partial charge in [-0.2, -0.15) is 0 Å². The first-order valence-corrected chi connectivity index (χ1v) is 5.79. The lowest BCUT2D eigenvalue weighted by atomic mass is 9.82. The van der Waals surface area contributed by atoms with E-state index in [1.54, 1.807) is 0 Å². The third-order valence-corrected chi connectivity index (χ3v) is 4.17. The average molecular weight is 198 g/mol. The van der Waals surface area contributed by atoms with Crippen LogP contribution in [0.25, 0.3) is 0 Å². The third kappa shape index (κ3) is 1.69. The zero-order valence-electron chi connectivity index (χ0n) is 9.17. The Bertz CT molecular complexity index is 186. The molecule has 0 spiro atoms. The lowest BCUT2D eigenvalue weighted by Gasteiger charge is -2.50. The number of hydrogen-bond acceptors (Lipinski definition) is 3. The van der Waals surface area contributed by atoms with E-state index in [4.69, 9.17) is 10.5 Å². The molecule has 0 radical (unpaired) electrons. The highest BCUT2D eigenvalue weighted by Gasteiger charge is 2.39. The summed E-state index contributed by atoms with van der Waals surface area (Å²) in [6.45, 7) is 2.55. The minimum atomic E-state index is 0.239. The van der Waals surface area contributed by atoms with Crippen molar-refractivity contribution in [3.05, 3.63) is 0 Å². The molecule has 1 saturated carbocycles. The number of ether oxygens (including phenoxy) is 1. The molecule has 82 valence electrons. The molecule has 2 aliphatic rings. The van der Waals surface area contributed by atoms with Crippen LogP contribution in [-0.2, 0) is 4.74 Å². The second-order valence-corrected chi connectivity index (χ2v) is 4.74. The molecule has 2 N–H and O–H groups in total. The third-order valence-electron chi connectivity index (χ3n) is 4.17. The van der Waals surface area contributed by atoms with Crippen molar-refractivity contribution in [3.8, 4) is 0 Å². The smallest absolute Gasteiger partial charge is 0.0484 e. The van der Waals surface area contributed by atoms with Gasteiger partial charge in [0.15, 0.2) is 0 Å². The molecule has 1 heterocycles. The minimum Gasteiger partial charge on any atom is -0.381 e. The second kappa shape index (κ2) is 4.17. The highest BCUT2D eigenvalue weighted by molar-refractivity contribution is 4.96. The Labute approximate surface area is 86.6 Å². The van der Waals surface area contributed by atoms with Crippen LogP contribution in [0.15, 0.2) is 0 Å². The van der Waals surface area contributed by atoms with Gasteiger partial charge in [0.2, 0.25) is 0 Å². The molecule has 1 aliphatic heterocycles. The summed E-state index contributed by atoms with van der Waals surface area (Å²) in [5.74, 6) is 0. The van der Waals surface area contributed by atoms with Gasteiger partial charge in [-0.3, -0.25) is 4.90 Å². The summed E-state index contributed by atoms with van der Waals surface area (Å²) in [7, 11) is 2.25. The van der Waals surface area contributed by atoms with Crippen molar-refractivity contribution in [1.82, 2.24) is 4.90 Å². The molecule has 1 saturated heterocycles. The molecule has 2 fully saturated rings. The average Bonchev–Trinajstić information content (AvgIpc) is 2.16. The molecule has 0 bridgehead atoms.